The smallest absolute Gasteiger partial charge is 0.237 e. The van der Waals surface area contributed by atoms with Crippen LogP contribution >= 0.6 is 0 Å². The normalized spacial score (nSPS) is 32.6. The average molecular weight is 331 g/mol. The molecule has 0 aromatic heterocycles. The zero-order chi connectivity index (χ0) is 15.8. The summed E-state index contributed by atoms with van der Waals surface area (Å²) in [6.07, 6.45) is 6.33. The Morgan fingerprint density at radius 3 is 2.86 bits per heavy atom. The van der Waals surface area contributed by atoms with Gasteiger partial charge in [0.15, 0.2) is 9.84 Å². The van der Waals surface area contributed by atoms with Crippen molar-refractivity contribution in [1.82, 2.24) is 4.90 Å². The van der Waals surface area contributed by atoms with E-state index in [-0.39, 0.29) is 17.6 Å². The van der Waals surface area contributed by atoms with E-state index in [4.69, 9.17) is 9.47 Å². The Bertz CT molecular complexity index is 530. The van der Waals surface area contributed by atoms with Crippen molar-refractivity contribution >= 4 is 15.7 Å². The lowest BCUT2D eigenvalue weighted by atomic mass is 9.89. The molecule has 0 radical (unpaired) electrons. The molecular weight excluding hydrogens is 306 g/mol. The van der Waals surface area contributed by atoms with Crippen LogP contribution in [-0.2, 0) is 24.1 Å². The topological polar surface area (TPSA) is 72.9 Å². The second-order valence-corrected chi connectivity index (χ2v) is 9.23. The van der Waals surface area contributed by atoms with Gasteiger partial charge in [0, 0.05) is 32.4 Å². The molecule has 1 spiro atoms. The lowest BCUT2D eigenvalue weighted by molar-refractivity contribution is -0.136. The van der Waals surface area contributed by atoms with Crippen LogP contribution in [0.3, 0.4) is 0 Å². The van der Waals surface area contributed by atoms with Crippen LogP contribution in [0.2, 0.25) is 0 Å². The predicted molar refractivity (Wildman–Crippen MR) is 81.3 cm³/mol. The number of ether oxygens (including phenoxy) is 2. The largest absolute Gasteiger partial charge is 0.375 e. The van der Waals surface area contributed by atoms with Gasteiger partial charge in [-0.3, -0.25) is 4.79 Å². The van der Waals surface area contributed by atoms with E-state index >= 15 is 0 Å². The number of hydrogen-bond donors (Lipinski definition) is 0. The van der Waals surface area contributed by atoms with E-state index in [0.29, 0.717) is 19.7 Å². The van der Waals surface area contributed by atoms with E-state index in [9.17, 15) is 13.2 Å². The van der Waals surface area contributed by atoms with Crippen LogP contribution in [-0.4, -0.2) is 69.2 Å². The molecule has 3 rings (SSSR count). The fourth-order valence-corrected chi connectivity index (χ4v) is 4.01. The summed E-state index contributed by atoms with van der Waals surface area (Å²) in [5.41, 5.74) is -0.334. The summed E-state index contributed by atoms with van der Waals surface area (Å²) in [6, 6.07) is 0. The first-order valence-electron chi connectivity index (χ1n) is 8.06. The van der Waals surface area contributed by atoms with Crippen molar-refractivity contribution in [3.05, 3.63) is 0 Å². The maximum Gasteiger partial charge on any atom is 0.237 e. The molecule has 2 saturated heterocycles. The Morgan fingerprint density at radius 2 is 2.18 bits per heavy atom. The second-order valence-electron chi connectivity index (χ2n) is 7.09. The molecule has 0 unspecified atom stereocenters. The highest BCUT2D eigenvalue weighted by molar-refractivity contribution is 7.91. The number of piperidine rings is 1. The number of carbonyl (C=O) groups is 1. The molecule has 7 heteroatoms. The van der Waals surface area contributed by atoms with Gasteiger partial charge in [-0.05, 0) is 31.6 Å². The minimum absolute atomic E-state index is 0.116. The standard InChI is InChI=1S/C15H25NO5S/c1-22(18,19)10-14(17)16-6-2-5-15(11-16)7-13(9-21-15)20-8-12-3-4-12/h12-13H,2-11H2,1H3/t13-,15+/m1/s1. The summed E-state index contributed by atoms with van der Waals surface area (Å²) in [5, 5.41) is 0. The summed E-state index contributed by atoms with van der Waals surface area (Å²) in [5.74, 6) is 0.00768. The molecule has 6 nitrogen and oxygen atoms in total. The fraction of sp³-hybridized carbons (Fsp3) is 0.933. The van der Waals surface area contributed by atoms with Gasteiger partial charge in [-0.1, -0.05) is 0 Å². The number of rotatable bonds is 5. The SMILES string of the molecule is CS(=O)(=O)CC(=O)N1CCC[C@]2(C[C@@H](OCC3CC3)CO2)C1. The fourth-order valence-electron chi connectivity index (χ4n) is 3.38. The molecule has 22 heavy (non-hydrogen) atoms. The van der Waals surface area contributed by atoms with E-state index in [1.165, 1.54) is 12.8 Å². The molecule has 2 atom stereocenters. The molecule has 1 amide bonds. The van der Waals surface area contributed by atoms with Gasteiger partial charge in [-0.15, -0.1) is 0 Å². The quantitative estimate of drug-likeness (QED) is 0.738. The van der Waals surface area contributed by atoms with Crippen molar-refractivity contribution in [3.63, 3.8) is 0 Å². The third kappa shape index (κ3) is 4.20. The van der Waals surface area contributed by atoms with Gasteiger partial charge in [-0.25, -0.2) is 8.42 Å². The van der Waals surface area contributed by atoms with Crippen LogP contribution in [0, 0.1) is 5.92 Å². The molecule has 2 heterocycles. The minimum Gasteiger partial charge on any atom is -0.375 e. The lowest BCUT2D eigenvalue weighted by Gasteiger charge is -2.39. The first-order chi connectivity index (χ1) is 10.4. The van der Waals surface area contributed by atoms with Crippen molar-refractivity contribution in [1.29, 1.82) is 0 Å². The number of sulfone groups is 1. The first kappa shape index (κ1) is 16.2. The van der Waals surface area contributed by atoms with Gasteiger partial charge in [0.25, 0.3) is 0 Å². The van der Waals surface area contributed by atoms with Gasteiger partial charge < -0.3 is 14.4 Å². The Hall–Kier alpha value is -0.660. The van der Waals surface area contributed by atoms with Crippen molar-refractivity contribution in [2.75, 3.05) is 38.3 Å². The van der Waals surface area contributed by atoms with Gasteiger partial charge in [0.1, 0.15) is 5.75 Å². The second kappa shape index (κ2) is 6.09. The zero-order valence-electron chi connectivity index (χ0n) is 13.1. The highest BCUT2D eigenvalue weighted by atomic mass is 32.2. The number of amides is 1. The number of nitrogens with zero attached hydrogens (tertiary/aromatic N) is 1. The van der Waals surface area contributed by atoms with Gasteiger partial charge >= 0.3 is 0 Å². The van der Waals surface area contributed by atoms with Gasteiger partial charge in [-0.2, -0.15) is 0 Å². The highest BCUT2D eigenvalue weighted by Crippen LogP contribution is 2.37. The molecule has 0 aromatic carbocycles. The molecule has 3 fully saturated rings. The molecule has 2 aliphatic heterocycles. The van der Waals surface area contributed by atoms with E-state index in [2.05, 4.69) is 0 Å². The average Bonchev–Trinajstić information content (AvgIpc) is 3.18. The summed E-state index contributed by atoms with van der Waals surface area (Å²) >= 11 is 0. The molecule has 0 N–H and O–H groups in total. The Balaban J connectivity index is 1.54. The maximum absolute atomic E-state index is 12.1. The van der Waals surface area contributed by atoms with Gasteiger partial charge in [0.2, 0.25) is 5.91 Å². The molecular formula is C15H25NO5S. The van der Waals surface area contributed by atoms with Gasteiger partial charge in [0.05, 0.1) is 18.3 Å². The first-order valence-corrected chi connectivity index (χ1v) is 10.1. The molecule has 0 aromatic rings. The van der Waals surface area contributed by atoms with E-state index in [1.54, 1.807) is 4.90 Å². The molecule has 3 aliphatic rings. The predicted octanol–water partition coefficient (Wildman–Crippen LogP) is 0.608. The third-order valence-electron chi connectivity index (χ3n) is 4.72. The van der Waals surface area contributed by atoms with Crippen LogP contribution in [0.4, 0.5) is 0 Å². The summed E-state index contributed by atoms with van der Waals surface area (Å²) in [7, 11) is -3.29. The van der Waals surface area contributed by atoms with E-state index in [0.717, 1.165) is 38.0 Å². The molecule has 126 valence electrons. The van der Waals surface area contributed by atoms with Crippen LogP contribution in [0.5, 0.6) is 0 Å². The number of hydrogen-bond acceptors (Lipinski definition) is 5. The maximum atomic E-state index is 12.1. The summed E-state index contributed by atoms with van der Waals surface area (Å²) in [4.78, 5) is 13.8. The molecule has 1 saturated carbocycles. The zero-order valence-corrected chi connectivity index (χ0v) is 13.9. The Kier molecular flexibility index (Phi) is 4.49. The number of carbonyl (C=O) groups excluding carboxylic acids is 1. The molecule has 0 bridgehead atoms. The highest BCUT2D eigenvalue weighted by Gasteiger charge is 2.45. The van der Waals surface area contributed by atoms with Crippen LogP contribution in [0.25, 0.3) is 0 Å². The van der Waals surface area contributed by atoms with E-state index < -0.39 is 15.6 Å². The van der Waals surface area contributed by atoms with Crippen molar-refractivity contribution in [3.8, 4) is 0 Å². The Morgan fingerprint density at radius 1 is 1.41 bits per heavy atom. The van der Waals surface area contributed by atoms with E-state index in [1.807, 2.05) is 0 Å². The minimum atomic E-state index is -3.29. The number of likely N-dealkylation sites (tertiary alicyclic amines) is 1. The summed E-state index contributed by atoms with van der Waals surface area (Å²) in [6.45, 7) is 2.51. The van der Waals surface area contributed by atoms with Crippen LogP contribution < -0.4 is 0 Å². The molecule has 1 aliphatic carbocycles. The van der Waals surface area contributed by atoms with Crippen molar-refractivity contribution < 1.29 is 22.7 Å². The van der Waals surface area contributed by atoms with Crippen LogP contribution in [0.15, 0.2) is 0 Å². The summed E-state index contributed by atoms with van der Waals surface area (Å²) < 4.78 is 34.5. The van der Waals surface area contributed by atoms with Crippen molar-refractivity contribution in [2.24, 2.45) is 5.92 Å². The third-order valence-corrected chi connectivity index (χ3v) is 5.49. The van der Waals surface area contributed by atoms with Crippen LogP contribution in [0.1, 0.15) is 32.1 Å². The lowest BCUT2D eigenvalue weighted by Crippen LogP contribution is -2.51. The monoisotopic (exact) mass is 331 g/mol. The van der Waals surface area contributed by atoms with Crippen molar-refractivity contribution in [2.45, 2.75) is 43.8 Å². The Labute approximate surface area is 132 Å².